The van der Waals surface area contributed by atoms with Crippen molar-refractivity contribution in [1.29, 1.82) is 0 Å². The Kier molecular flexibility index (Phi) is 5.11. The van der Waals surface area contributed by atoms with Crippen LogP contribution in [0.25, 0.3) is 0 Å². The largest absolute Gasteiger partial charge is 0.459 e. The Labute approximate surface area is 141 Å². The average molecular weight is 332 g/mol. The minimum absolute atomic E-state index is 0.178. The van der Waals surface area contributed by atoms with Gasteiger partial charge < -0.3 is 14.6 Å². The average Bonchev–Trinajstić information content (AvgIpc) is 3.00. The molecule has 0 spiro atoms. The number of aryl methyl sites for hydroxylation is 2. The lowest BCUT2D eigenvalue weighted by Gasteiger charge is -2.16. The molecule has 0 aliphatic heterocycles. The minimum atomic E-state index is -0.412. The summed E-state index contributed by atoms with van der Waals surface area (Å²) in [5.41, 5.74) is 3.03. The molecule has 0 saturated heterocycles. The van der Waals surface area contributed by atoms with Crippen molar-refractivity contribution < 1.29 is 14.3 Å². The van der Waals surface area contributed by atoms with Crippen LogP contribution in [0, 0.1) is 13.8 Å². The van der Waals surface area contributed by atoms with Crippen LogP contribution >= 0.6 is 0 Å². The Balaban J connectivity index is 2.22. The molecule has 2 aromatic rings. The molecule has 7 heteroatoms. The molecule has 130 valence electrons. The normalized spacial score (nSPS) is 11.0. The molecule has 0 aliphatic carbocycles. The predicted octanol–water partition coefficient (Wildman–Crippen LogP) is 2.20. The monoisotopic (exact) mass is 332 g/mol. The minimum Gasteiger partial charge on any atom is -0.459 e. The van der Waals surface area contributed by atoms with Crippen molar-refractivity contribution in [2.75, 3.05) is 7.05 Å². The third-order valence-electron chi connectivity index (χ3n) is 3.72. The van der Waals surface area contributed by atoms with Crippen LogP contribution in [0.5, 0.6) is 0 Å². The molecule has 0 atom stereocenters. The molecule has 0 saturated carbocycles. The van der Waals surface area contributed by atoms with Crippen LogP contribution in [0.3, 0.4) is 0 Å². The van der Waals surface area contributed by atoms with Crippen LogP contribution in [-0.4, -0.2) is 44.7 Å². The summed E-state index contributed by atoms with van der Waals surface area (Å²) in [6.45, 7) is 7.55. The third-order valence-corrected chi connectivity index (χ3v) is 3.72. The van der Waals surface area contributed by atoms with Gasteiger partial charge in [-0.15, -0.1) is 0 Å². The Hall–Kier alpha value is -2.57. The van der Waals surface area contributed by atoms with Crippen molar-refractivity contribution >= 4 is 11.9 Å². The fourth-order valence-electron chi connectivity index (χ4n) is 2.63. The van der Waals surface area contributed by atoms with Gasteiger partial charge in [-0.3, -0.25) is 9.48 Å². The second-order valence-electron chi connectivity index (χ2n) is 6.26. The molecule has 7 nitrogen and oxygen atoms in total. The number of rotatable bonds is 5. The summed E-state index contributed by atoms with van der Waals surface area (Å²) >= 11 is 0. The topological polar surface area (TPSA) is 80.2 Å². The molecule has 0 fully saturated rings. The van der Waals surface area contributed by atoms with Crippen molar-refractivity contribution in [2.45, 2.75) is 40.3 Å². The molecule has 24 heavy (non-hydrogen) atoms. The van der Waals surface area contributed by atoms with Crippen molar-refractivity contribution in [3.8, 4) is 0 Å². The number of hydrogen-bond donors (Lipinski definition) is 1. The summed E-state index contributed by atoms with van der Waals surface area (Å²) in [6, 6.07) is 0. The van der Waals surface area contributed by atoms with Crippen LogP contribution in [0.15, 0.2) is 12.4 Å². The number of amides is 1. The van der Waals surface area contributed by atoms with Gasteiger partial charge in [-0.1, -0.05) is 0 Å². The molecular weight excluding hydrogens is 308 g/mol. The molecule has 1 N–H and O–H groups in total. The van der Waals surface area contributed by atoms with Crippen LogP contribution < -0.4 is 0 Å². The van der Waals surface area contributed by atoms with Crippen molar-refractivity contribution in [2.24, 2.45) is 7.05 Å². The molecule has 1 amide bonds. The van der Waals surface area contributed by atoms with Gasteiger partial charge in [0.2, 0.25) is 0 Å². The molecule has 0 unspecified atom stereocenters. The zero-order valence-electron chi connectivity index (χ0n) is 15.0. The number of nitrogens with zero attached hydrogens (tertiary/aromatic N) is 3. The highest BCUT2D eigenvalue weighted by Gasteiger charge is 2.25. The molecule has 2 rings (SSSR count). The lowest BCUT2D eigenvalue weighted by atomic mass is 10.1. The van der Waals surface area contributed by atoms with Gasteiger partial charge in [0, 0.05) is 38.1 Å². The van der Waals surface area contributed by atoms with Gasteiger partial charge in [0.25, 0.3) is 5.91 Å². The third kappa shape index (κ3) is 3.67. The van der Waals surface area contributed by atoms with Crippen molar-refractivity contribution in [3.63, 3.8) is 0 Å². The summed E-state index contributed by atoms with van der Waals surface area (Å²) < 4.78 is 6.95. The highest BCUT2D eigenvalue weighted by Crippen LogP contribution is 2.21. The van der Waals surface area contributed by atoms with Gasteiger partial charge in [0.15, 0.2) is 0 Å². The number of aromatic nitrogens is 3. The van der Waals surface area contributed by atoms with Gasteiger partial charge in [0.05, 0.1) is 17.9 Å². The van der Waals surface area contributed by atoms with E-state index < -0.39 is 5.97 Å². The van der Waals surface area contributed by atoms with Gasteiger partial charge in [-0.05, 0) is 33.3 Å². The van der Waals surface area contributed by atoms with Gasteiger partial charge >= 0.3 is 5.97 Å². The number of esters is 1. The highest BCUT2D eigenvalue weighted by molar-refractivity contribution is 6.00. The van der Waals surface area contributed by atoms with Crippen LogP contribution in [0.2, 0.25) is 0 Å². The first-order valence-corrected chi connectivity index (χ1v) is 7.83. The Morgan fingerprint density at radius 3 is 2.58 bits per heavy atom. The van der Waals surface area contributed by atoms with E-state index in [4.69, 9.17) is 4.74 Å². The molecule has 0 aromatic carbocycles. The number of carbonyl (C=O) groups is 2. The van der Waals surface area contributed by atoms with E-state index in [9.17, 15) is 9.59 Å². The first-order chi connectivity index (χ1) is 11.2. The summed E-state index contributed by atoms with van der Waals surface area (Å²) in [6.07, 6.45) is 3.38. The number of carbonyl (C=O) groups excluding carboxylic acids is 2. The van der Waals surface area contributed by atoms with E-state index in [0.717, 1.165) is 5.56 Å². The molecule has 0 bridgehead atoms. The smallest absolute Gasteiger partial charge is 0.340 e. The lowest BCUT2D eigenvalue weighted by Crippen LogP contribution is -2.27. The Morgan fingerprint density at radius 1 is 1.38 bits per heavy atom. The van der Waals surface area contributed by atoms with E-state index in [1.165, 1.54) is 0 Å². The quantitative estimate of drug-likeness (QED) is 0.851. The second kappa shape index (κ2) is 6.90. The Morgan fingerprint density at radius 2 is 2.04 bits per heavy atom. The SMILES string of the molecule is Cc1[nH]c(C(=O)N(C)Cc2cnn(C)c2)c(C)c1C(=O)OC(C)C. The van der Waals surface area contributed by atoms with Crippen molar-refractivity contribution in [3.05, 3.63) is 40.5 Å². The summed E-state index contributed by atoms with van der Waals surface area (Å²) in [7, 11) is 3.55. The van der Waals surface area contributed by atoms with Crippen molar-refractivity contribution in [1.82, 2.24) is 19.7 Å². The van der Waals surface area contributed by atoms with E-state index in [1.807, 2.05) is 13.2 Å². The van der Waals surface area contributed by atoms with E-state index >= 15 is 0 Å². The fourth-order valence-corrected chi connectivity index (χ4v) is 2.63. The van der Waals surface area contributed by atoms with E-state index in [2.05, 4.69) is 10.1 Å². The number of hydrogen-bond acceptors (Lipinski definition) is 4. The predicted molar refractivity (Wildman–Crippen MR) is 89.8 cm³/mol. The zero-order valence-corrected chi connectivity index (χ0v) is 15.0. The van der Waals surface area contributed by atoms with Crippen LogP contribution in [0.4, 0.5) is 0 Å². The van der Waals surface area contributed by atoms with Gasteiger partial charge in [-0.25, -0.2) is 4.79 Å². The Bertz CT molecular complexity index is 758. The first-order valence-electron chi connectivity index (χ1n) is 7.83. The zero-order chi connectivity index (χ0) is 18.0. The number of nitrogens with one attached hydrogen (secondary N) is 1. The maximum absolute atomic E-state index is 12.7. The van der Waals surface area contributed by atoms with Crippen LogP contribution in [0.1, 0.15) is 51.5 Å². The molecular formula is C17H24N4O3. The second-order valence-corrected chi connectivity index (χ2v) is 6.26. The fraction of sp³-hybridized carbons (Fsp3) is 0.471. The van der Waals surface area contributed by atoms with E-state index in [0.29, 0.717) is 29.1 Å². The molecule has 2 aromatic heterocycles. The maximum Gasteiger partial charge on any atom is 0.340 e. The number of ether oxygens (including phenoxy) is 1. The van der Waals surface area contributed by atoms with E-state index in [1.54, 1.807) is 50.5 Å². The molecule has 0 aliphatic rings. The van der Waals surface area contributed by atoms with E-state index in [-0.39, 0.29) is 12.0 Å². The molecule has 2 heterocycles. The molecule has 0 radical (unpaired) electrons. The standard InChI is InChI=1S/C17H24N4O3/c1-10(2)24-17(23)14-11(3)15(19-12(14)4)16(22)20(5)8-13-7-18-21(6)9-13/h7,9-10,19H,8H2,1-6H3. The summed E-state index contributed by atoms with van der Waals surface area (Å²) in [5.74, 6) is -0.590. The number of aromatic amines is 1. The van der Waals surface area contributed by atoms with Crippen LogP contribution in [-0.2, 0) is 18.3 Å². The first kappa shape index (κ1) is 17.8. The van der Waals surface area contributed by atoms with Gasteiger partial charge in [-0.2, -0.15) is 5.10 Å². The number of H-pyrrole nitrogens is 1. The summed E-state index contributed by atoms with van der Waals surface area (Å²) in [5, 5.41) is 4.10. The lowest BCUT2D eigenvalue weighted by molar-refractivity contribution is 0.0376. The van der Waals surface area contributed by atoms with Gasteiger partial charge in [0.1, 0.15) is 5.69 Å². The summed E-state index contributed by atoms with van der Waals surface area (Å²) in [4.78, 5) is 29.5. The highest BCUT2D eigenvalue weighted by atomic mass is 16.5. The maximum atomic E-state index is 12.7.